The molecule has 0 aliphatic carbocycles. The van der Waals surface area contributed by atoms with Crippen molar-refractivity contribution in [3.05, 3.63) is 48.2 Å². The first-order valence-corrected chi connectivity index (χ1v) is 10.9. The summed E-state index contributed by atoms with van der Waals surface area (Å²) < 4.78 is 45.0. The van der Waals surface area contributed by atoms with Gasteiger partial charge in [-0.05, 0) is 44.2 Å². The molecule has 0 saturated heterocycles. The Bertz CT molecular complexity index is 1170. The molecule has 3 rings (SSSR count). The first kappa shape index (κ1) is 21.7. The van der Waals surface area contributed by atoms with Crippen LogP contribution in [0.5, 0.6) is 11.5 Å². The van der Waals surface area contributed by atoms with Crippen LogP contribution in [-0.4, -0.2) is 28.0 Å². The molecule has 0 bridgehead atoms. The number of anilines is 1. The summed E-state index contributed by atoms with van der Waals surface area (Å²) in [5, 5.41) is 3.39. The standard InChI is InChI=1S/C21H24N2O6S/c1-5-28-19-8-6-7-15-11-20(29-21(15)19)13(2)23-30(25,26)16-9-10-18(27-4)17(12-16)22-14(3)24/h6-13,23H,5H2,1-4H3,(H,22,24)/t13-/m1/s1. The first-order chi connectivity index (χ1) is 14.2. The second-order valence-electron chi connectivity index (χ2n) is 6.64. The maximum atomic E-state index is 12.9. The van der Waals surface area contributed by atoms with Crippen LogP contribution in [0.25, 0.3) is 11.0 Å². The first-order valence-electron chi connectivity index (χ1n) is 9.38. The summed E-state index contributed by atoms with van der Waals surface area (Å²) in [6.07, 6.45) is 0. The zero-order valence-corrected chi connectivity index (χ0v) is 18.0. The van der Waals surface area contributed by atoms with E-state index in [1.807, 2.05) is 19.1 Å². The fourth-order valence-electron chi connectivity index (χ4n) is 3.04. The molecule has 0 aliphatic rings. The van der Waals surface area contributed by atoms with E-state index in [4.69, 9.17) is 13.9 Å². The Labute approximate surface area is 175 Å². The van der Waals surface area contributed by atoms with E-state index in [1.54, 1.807) is 19.1 Å². The molecule has 9 heteroatoms. The molecule has 1 heterocycles. The Morgan fingerprint density at radius 3 is 2.60 bits per heavy atom. The van der Waals surface area contributed by atoms with Gasteiger partial charge in [0.1, 0.15) is 11.5 Å². The van der Waals surface area contributed by atoms with Crippen molar-refractivity contribution < 1.29 is 27.1 Å². The van der Waals surface area contributed by atoms with Crippen molar-refractivity contribution in [1.82, 2.24) is 4.72 Å². The Hall–Kier alpha value is -3.04. The molecule has 0 aliphatic heterocycles. The van der Waals surface area contributed by atoms with Gasteiger partial charge in [0, 0.05) is 12.3 Å². The number of furan rings is 1. The molecule has 8 nitrogen and oxygen atoms in total. The smallest absolute Gasteiger partial charge is 0.241 e. The van der Waals surface area contributed by atoms with Crippen molar-refractivity contribution in [2.45, 2.75) is 31.7 Å². The molecule has 0 fully saturated rings. The van der Waals surface area contributed by atoms with Gasteiger partial charge in [0.05, 0.1) is 30.3 Å². The van der Waals surface area contributed by atoms with Crippen LogP contribution in [-0.2, 0) is 14.8 Å². The molecular formula is C21H24N2O6S. The number of sulfonamides is 1. The fourth-order valence-corrected chi connectivity index (χ4v) is 4.28. The third-order valence-electron chi connectivity index (χ3n) is 4.38. The third-order valence-corrected chi connectivity index (χ3v) is 5.92. The molecule has 0 spiro atoms. The van der Waals surface area contributed by atoms with Crippen molar-refractivity contribution in [2.24, 2.45) is 0 Å². The second-order valence-corrected chi connectivity index (χ2v) is 8.36. The van der Waals surface area contributed by atoms with Gasteiger partial charge in [-0.3, -0.25) is 4.79 Å². The van der Waals surface area contributed by atoms with Crippen LogP contribution < -0.4 is 19.5 Å². The predicted molar refractivity (Wildman–Crippen MR) is 113 cm³/mol. The number of methoxy groups -OCH3 is 1. The van der Waals surface area contributed by atoms with Crippen LogP contribution in [0.15, 0.2) is 51.8 Å². The van der Waals surface area contributed by atoms with Crippen molar-refractivity contribution in [1.29, 1.82) is 0 Å². The lowest BCUT2D eigenvalue weighted by Gasteiger charge is -2.14. The molecule has 0 saturated carbocycles. The van der Waals surface area contributed by atoms with Gasteiger partial charge >= 0.3 is 0 Å². The number of amides is 1. The van der Waals surface area contributed by atoms with Crippen LogP contribution in [0.3, 0.4) is 0 Å². The monoisotopic (exact) mass is 432 g/mol. The quantitative estimate of drug-likeness (QED) is 0.560. The van der Waals surface area contributed by atoms with Crippen molar-refractivity contribution in [3.63, 3.8) is 0 Å². The van der Waals surface area contributed by atoms with Gasteiger partial charge in [-0.2, -0.15) is 0 Å². The van der Waals surface area contributed by atoms with Gasteiger partial charge in [-0.1, -0.05) is 12.1 Å². The third kappa shape index (κ3) is 4.58. The Kier molecular flexibility index (Phi) is 6.33. The molecular weight excluding hydrogens is 408 g/mol. The van der Waals surface area contributed by atoms with E-state index in [9.17, 15) is 13.2 Å². The Morgan fingerprint density at radius 1 is 1.17 bits per heavy atom. The number of nitrogens with one attached hydrogen (secondary N) is 2. The van der Waals surface area contributed by atoms with E-state index >= 15 is 0 Å². The highest BCUT2D eigenvalue weighted by molar-refractivity contribution is 7.89. The minimum Gasteiger partial charge on any atom is -0.495 e. The molecule has 0 unspecified atom stereocenters. The summed E-state index contributed by atoms with van der Waals surface area (Å²) in [5.41, 5.74) is 0.836. The number of rotatable bonds is 8. The van der Waals surface area contributed by atoms with Gasteiger partial charge in [0.15, 0.2) is 11.3 Å². The Balaban J connectivity index is 1.89. The lowest BCUT2D eigenvalue weighted by atomic mass is 10.2. The SMILES string of the molecule is CCOc1cccc2cc([C@@H](C)NS(=O)(=O)c3ccc(OC)c(NC(C)=O)c3)oc12. The zero-order chi connectivity index (χ0) is 21.9. The fraction of sp³-hybridized carbons (Fsp3) is 0.286. The highest BCUT2D eigenvalue weighted by Gasteiger charge is 2.23. The molecule has 2 aromatic carbocycles. The number of carbonyl (C=O) groups excluding carboxylic acids is 1. The second kappa shape index (κ2) is 8.76. The molecule has 1 atom stereocenters. The van der Waals surface area contributed by atoms with Gasteiger partial charge in [-0.25, -0.2) is 13.1 Å². The van der Waals surface area contributed by atoms with Crippen LogP contribution in [0.1, 0.15) is 32.6 Å². The number of carbonyl (C=O) groups is 1. The van der Waals surface area contributed by atoms with Crippen molar-refractivity contribution in [3.8, 4) is 11.5 Å². The average Bonchev–Trinajstić information content (AvgIpc) is 3.13. The van der Waals surface area contributed by atoms with Crippen LogP contribution in [0, 0.1) is 0 Å². The highest BCUT2D eigenvalue weighted by atomic mass is 32.2. The lowest BCUT2D eigenvalue weighted by Crippen LogP contribution is -2.26. The number of fused-ring (bicyclic) bond motifs is 1. The van der Waals surface area contributed by atoms with Gasteiger partial charge in [0.25, 0.3) is 0 Å². The van der Waals surface area contributed by atoms with Crippen LogP contribution in [0.2, 0.25) is 0 Å². The predicted octanol–water partition coefficient (Wildman–Crippen LogP) is 3.84. The summed E-state index contributed by atoms with van der Waals surface area (Å²) >= 11 is 0. The number of hydrogen-bond donors (Lipinski definition) is 2. The minimum atomic E-state index is -3.90. The van der Waals surface area contributed by atoms with Gasteiger partial charge in [-0.15, -0.1) is 0 Å². The van der Waals surface area contributed by atoms with E-state index in [1.165, 1.54) is 32.2 Å². The summed E-state index contributed by atoms with van der Waals surface area (Å²) in [7, 11) is -2.46. The topological polar surface area (TPSA) is 107 Å². The number of ether oxygens (including phenoxy) is 2. The molecule has 160 valence electrons. The van der Waals surface area contributed by atoms with Crippen LogP contribution >= 0.6 is 0 Å². The maximum Gasteiger partial charge on any atom is 0.241 e. The number of benzene rings is 2. The summed E-state index contributed by atoms with van der Waals surface area (Å²) in [6, 6.07) is 10.9. The zero-order valence-electron chi connectivity index (χ0n) is 17.2. The Morgan fingerprint density at radius 2 is 1.93 bits per heavy atom. The van der Waals surface area contributed by atoms with Crippen molar-refractivity contribution in [2.75, 3.05) is 19.0 Å². The lowest BCUT2D eigenvalue weighted by molar-refractivity contribution is -0.114. The van der Waals surface area contributed by atoms with Gasteiger partial charge in [0.2, 0.25) is 15.9 Å². The molecule has 1 aromatic heterocycles. The summed E-state index contributed by atoms with van der Waals surface area (Å²) in [5.74, 6) is 1.08. The maximum absolute atomic E-state index is 12.9. The van der Waals surface area contributed by atoms with E-state index in [-0.39, 0.29) is 16.5 Å². The molecule has 2 N–H and O–H groups in total. The van der Waals surface area contributed by atoms with Gasteiger partial charge < -0.3 is 19.2 Å². The molecule has 0 radical (unpaired) electrons. The molecule has 3 aromatic rings. The number of para-hydroxylation sites is 1. The van der Waals surface area contributed by atoms with E-state index in [2.05, 4.69) is 10.0 Å². The van der Waals surface area contributed by atoms with Crippen LogP contribution in [0.4, 0.5) is 5.69 Å². The largest absolute Gasteiger partial charge is 0.495 e. The number of hydrogen-bond acceptors (Lipinski definition) is 6. The molecule has 1 amide bonds. The highest BCUT2D eigenvalue weighted by Crippen LogP contribution is 2.32. The summed E-state index contributed by atoms with van der Waals surface area (Å²) in [6.45, 7) is 5.39. The van der Waals surface area contributed by atoms with E-state index in [0.29, 0.717) is 29.4 Å². The van der Waals surface area contributed by atoms with E-state index < -0.39 is 16.1 Å². The normalized spacial score (nSPS) is 12.5. The van der Waals surface area contributed by atoms with Crippen molar-refractivity contribution >= 4 is 32.6 Å². The van der Waals surface area contributed by atoms with E-state index in [0.717, 1.165) is 5.39 Å². The summed E-state index contributed by atoms with van der Waals surface area (Å²) in [4.78, 5) is 11.4. The average molecular weight is 432 g/mol. The molecule has 30 heavy (non-hydrogen) atoms. The minimum absolute atomic E-state index is 0.00924.